The number of ether oxygens (including phenoxy) is 1. The summed E-state index contributed by atoms with van der Waals surface area (Å²) in [6.07, 6.45) is 5.27. The molecule has 7 nitrogen and oxygen atoms in total. The van der Waals surface area contributed by atoms with E-state index in [9.17, 15) is 13.2 Å². The van der Waals surface area contributed by atoms with E-state index in [0.717, 1.165) is 48.1 Å². The van der Waals surface area contributed by atoms with Crippen LogP contribution in [0.2, 0.25) is 0 Å². The molecule has 168 valence electrons. The van der Waals surface area contributed by atoms with Crippen molar-refractivity contribution in [3.63, 3.8) is 0 Å². The van der Waals surface area contributed by atoms with Gasteiger partial charge in [-0.05, 0) is 68.2 Å². The average Bonchev–Trinajstić information content (AvgIpc) is 2.71. The van der Waals surface area contributed by atoms with E-state index in [1.54, 1.807) is 18.3 Å². The van der Waals surface area contributed by atoms with Crippen LogP contribution in [-0.4, -0.2) is 31.1 Å². The predicted octanol–water partition coefficient (Wildman–Crippen LogP) is 3.61. The number of carbonyl (C=O) groups is 1. The van der Waals surface area contributed by atoms with Crippen molar-refractivity contribution < 1.29 is 17.9 Å². The van der Waals surface area contributed by atoms with Crippen molar-refractivity contribution in [3.05, 3.63) is 53.2 Å². The van der Waals surface area contributed by atoms with Gasteiger partial charge in [-0.2, -0.15) is 0 Å². The maximum Gasteiger partial charge on any atom is 0.236 e. The Kier molecular flexibility index (Phi) is 7.67. The zero-order chi connectivity index (χ0) is 22.4. The lowest BCUT2D eigenvalue weighted by Crippen LogP contribution is -2.42. The molecule has 2 N–H and O–H groups in total. The van der Waals surface area contributed by atoms with Crippen LogP contribution >= 0.6 is 0 Å². The number of sulfonamides is 1. The smallest absolute Gasteiger partial charge is 0.236 e. The van der Waals surface area contributed by atoms with Crippen LogP contribution in [0.1, 0.15) is 49.3 Å². The molecule has 31 heavy (non-hydrogen) atoms. The SMILES string of the molecule is Cc1ccc(C)c(Oc2ccc(CNC(=O)CS(=O)(=O)NC3CCC(C)CC3)cn2)c1. The van der Waals surface area contributed by atoms with E-state index in [1.807, 2.05) is 32.0 Å². The Hall–Kier alpha value is -2.45. The van der Waals surface area contributed by atoms with Crippen LogP contribution in [0.25, 0.3) is 0 Å². The molecule has 8 heteroatoms. The van der Waals surface area contributed by atoms with E-state index >= 15 is 0 Å². The zero-order valence-corrected chi connectivity index (χ0v) is 19.2. The molecule has 1 amide bonds. The molecule has 1 aliphatic carbocycles. The van der Waals surface area contributed by atoms with Gasteiger partial charge >= 0.3 is 0 Å². The summed E-state index contributed by atoms with van der Waals surface area (Å²) in [7, 11) is -3.65. The molecule has 2 aromatic rings. The molecule has 0 unspecified atom stereocenters. The van der Waals surface area contributed by atoms with Gasteiger partial charge in [-0.15, -0.1) is 0 Å². The molecule has 0 bridgehead atoms. The summed E-state index contributed by atoms with van der Waals surface area (Å²) >= 11 is 0. The summed E-state index contributed by atoms with van der Waals surface area (Å²) < 4.78 is 33.0. The first-order valence-electron chi connectivity index (χ1n) is 10.7. The summed E-state index contributed by atoms with van der Waals surface area (Å²) in [5.41, 5.74) is 2.87. The number of nitrogens with zero attached hydrogens (tertiary/aromatic N) is 1. The molecule has 1 aromatic heterocycles. The van der Waals surface area contributed by atoms with E-state index in [1.165, 1.54) is 0 Å². The molecule has 0 radical (unpaired) electrons. The molecule has 0 spiro atoms. The first-order chi connectivity index (χ1) is 14.7. The lowest BCUT2D eigenvalue weighted by Gasteiger charge is -2.26. The molecule has 1 saturated carbocycles. The second-order valence-corrected chi connectivity index (χ2v) is 10.2. The minimum Gasteiger partial charge on any atom is -0.439 e. The van der Waals surface area contributed by atoms with Crippen molar-refractivity contribution in [1.29, 1.82) is 0 Å². The van der Waals surface area contributed by atoms with E-state index < -0.39 is 21.7 Å². The zero-order valence-electron chi connectivity index (χ0n) is 18.3. The number of carbonyl (C=O) groups excluding carboxylic acids is 1. The standard InChI is InChI=1S/C23H31N3O4S/c1-16-5-9-20(10-6-16)26-31(28,29)15-22(27)24-13-19-8-11-23(25-14-19)30-21-12-17(2)4-7-18(21)3/h4,7-8,11-12,14,16,20,26H,5-6,9-10,13,15H2,1-3H3,(H,24,27). The number of pyridine rings is 1. The summed E-state index contributed by atoms with van der Waals surface area (Å²) in [6.45, 7) is 6.34. The monoisotopic (exact) mass is 445 g/mol. The van der Waals surface area contributed by atoms with Gasteiger partial charge in [0.2, 0.25) is 21.8 Å². The lowest BCUT2D eigenvalue weighted by atomic mass is 9.88. The number of hydrogen-bond acceptors (Lipinski definition) is 5. The second kappa shape index (κ2) is 10.2. The van der Waals surface area contributed by atoms with Crippen molar-refractivity contribution >= 4 is 15.9 Å². The van der Waals surface area contributed by atoms with Gasteiger partial charge in [0.05, 0.1) is 0 Å². The van der Waals surface area contributed by atoms with Gasteiger partial charge in [-0.1, -0.05) is 25.1 Å². The van der Waals surface area contributed by atoms with Crippen LogP contribution in [0.3, 0.4) is 0 Å². The van der Waals surface area contributed by atoms with Gasteiger partial charge in [0, 0.05) is 24.8 Å². The highest BCUT2D eigenvalue weighted by Gasteiger charge is 2.24. The fourth-order valence-electron chi connectivity index (χ4n) is 3.60. The van der Waals surface area contributed by atoms with E-state index in [-0.39, 0.29) is 12.6 Å². The highest BCUT2D eigenvalue weighted by Crippen LogP contribution is 2.25. The molecule has 0 aliphatic heterocycles. The normalized spacial score (nSPS) is 19.1. The summed E-state index contributed by atoms with van der Waals surface area (Å²) in [5, 5.41) is 2.65. The van der Waals surface area contributed by atoms with E-state index in [4.69, 9.17) is 4.74 Å². The van der Waals surface area contributed by atoms with Gasteiger partial charge in [-0.25, -0.2) is 18.1 Å². The largest absolute Gasteiger partial charge is 0.439 e. The van der Waals surface area contributed by atoms with Crippen LogP contribution < -0.4 is 14.8 Å². The Labute approximate surface area is 184 Å². The molecule has 1 fully saturated rings. The average molecular weight is 446 g/mol. The highest BCUT2D eigenvalue weighted by atomic mass is 32.2. The van der Waals surface area contributed by atoms with Crippen molar-refractivity contribution in [1.82, 2.24) is 15.0 Å². The van der Waals surface area contributed by atoms with Gasteiger partial charge in [0.1, 0.15) is 11.5 Å². The first kappa shape index (κ1) is 23.2. The van der Waals surface area contributed by atoms with Crippen LogP contribution in [0, 0.1) is 19.8 Å². The molecule has 0 saturated heterocycles. The van der Waals surface area contributed by atoms with Crippen molar-refractivity contribution in [2.24, 2.45) is 5.92 Å². The fourth-order valence-corrected chi connectivity index (χ4v) is 4.88. The third kappa shape index (κ3) is 7.33. The summed E-state index contributed by atoms with van der Waals surface area (Å²) in [5.74, 6) is 0.735. The third-order valence-electron chi connectivity index (χ3n) is 5.53. The molecule has 1 aliphatic rings. The van der Waals surface area contributed by atoms with E-state index in [0.29, 0.717) is 11.8 Å². The molecule has 1 heterocycles. The van der Waals surface area contributed by atoms with Crippen molar-refractivity contribution in [3.8, 4) is 11.6 Å². The number of rotatable bonds is 8. The van der Waals surface area contributed by atoms with Crippen molar-refractivity contribution in [2.75, 3.05) is 5.75 Å². The van der Waals surface area contributed by atoms with E-state index in [2.05, 4.69) is 21.9 Å². The quantitative estimate of drug-likeness (QED) is 0.647. The number of aryl methyl sites for hydroxylation is 2. The topological polar surface area (TPSA) is 97.4 Å². The van der Waals surface area contributed by atoms with Crippen LogP contribution in [0.15, 0.2) is 36.5 Å². The molecular weight excluding hydrogens is 414 g/mol. The molecular formula is C23H31N3O4S. The Morgan fingerprint density at radius 3 is 2.55 bits per heavy atom. The molecule has 0 atom stereocenters. The number of amides is 1. The van der Waals surface area contributed by atoms with Crippen LogP contribution in [0.5, 0.6) is 11.6 Å². The lowest BCUT2D eigenvalue weighted by molar-refractivity contribution is -0.118. The Morgan fingerprint density at radius 1 is 1.13 bits per heavy atom. The van der Waals surface area contributed by atoms with Crippen LogP contribution in [-0.2, 0) is 21.4 Å². The number of benzene rings is 1. The summed E-state index contributed by atoms with van der Waals surface area (Å²) in [4.78, 5) is 16.4. The van der Waals surface area contributed by atoms with Crippen LogP contribution in [0.4, 0.5) is 0 Å². The van der Waals surface area contributed by atoms with Gasteiger partial charge in [-0.3, -0.25) is 4.79 Å². The van der Waals surface area contributed by atoms with Gasteiger partial charge in [0.15, 0.2) is 0 Å². The Bertz CT molecular complexity index is 998. The van der Waals surface area contributed by atoms with Crippen molar-refractivity contribution in [2.45, 2.75) is 59.0 Å². The minimum atomic E-state index is -3.65. The molecule has 3 rings (SSSR count). The maximum atomic E-state index is 12.3. The number of hydrogen-bond donors (Lipinski definition) is 2. The van der Waals surface area contributed by atoms with Gasteiger partial charge in [0.25, 0.3) is 0 Å². The Balaban J connectivity index is 1.47. The first-order valence-corrected chi connectivity index (χ1v) is 12.3. The highest BCUT2D eigenvalue weighted by molar-refractivity contribution is 7.90. The maximum absolute atomic E-state index is 12.3. The molecule has 1 aromatic carbocycles. The van der Waals surface area contributed by atoms with Gasteiger partial charge < -0.3 is 10.1 Å². The minimum absolute atomic E-state index is 0.0669. The second-order valence-electron chi connectivity index (χ2n) is 8.49. The predicted molar refractivity (Wildman–Crippen MR) is 120 cm³/mol. The number of aromatic nitrogens is 1. The Morgan fingerprint density at radius 2 is 1.87 bits per heavy atom. The summed E-state index contributed by atoms with van der Waals surface area (Å²) in [6, 6.07) is 9.42. The number of nitrogens with one attached hydrogen (secondary N) is 2. The third-order valence-corrected chi connectivity index (χ3v) is 6.86. The fraction of sp³-hybridized carbons (Fsp3) is 0.478.